The molecular weight excluding hydrogens is 309 g/mol. The first-order chi connectivity index (χ1) is 11.0. The Labute approximate surface area is 138 Å². The minimum atomic E-state index is -2.99. The molecule has 2 rings (SSSR count). The van der Waals surface area contributed by atoms with Gasteiger partial charge in [0.15, 0.2) is 0 Å². The normalized spacial score (nSPS) is 13.2. The first kappa shape index (κ1) is 17.4. The van der Waals surface area contributed by atoms with E-state index in [1.165, 1.54) is 5.56 Å². The van der Waals surface area contributed by atoms with Crippen LogP contribution in [0.4, 0.5) is 5.69 Å². The van der Waals surface area contributed by atoms with Crippen LogP contribution in [0.3, 0.4) is 0 Å². The van der Waals surface area contributed by atoms with E-state index in [4.69, 9.17) is 9.26 Å². The summed E-state index contributed by atoms with van der Waals surface area (Å²) in [5.41, 5.74) is 1.96. The summed E-state index contributed by atoms with van der Waals surface area (Å²) in [4.78, 5) is 0. The summed E-state index contributed by atoms with van der Waals surface area (Å²) in [6, 6.07) is 15.0. The quantitative estimate of drug-likeness (QED) is 0.661. The smallest absolute Gasteiger partial charge is 0.338 e. The molecule has 0 amide bonds. The van der Waals surface area contributed by atoms with Crippen LogP contribution in [0.15, 0.2) is 48.5 Å². The van der Waals surface area contributed by atoms with Crippen molar-refractivity contribution in [3.05, 3.63) is 54.1 Å². The van der Waals surface area contributed by atoms with Gasteiger partial charge in [-0.2, -0.15) is 0 Å². The monoisotopic (exact) mass is 333 g/mol. The summed E-state index contributed by atoms with van der Waals surface area (Å²) in [6.07, 6.45) is 1.93. The van der Waals surface area contributed by atoms with Crippen molar-refractivity contribution in [2.24, 2.45) is 0 Å². The van der Waals surface area contributed by atoms with Gasteiger partial charge in [0.2, 0.25) is 0 Å². The predicted octanol–water partition coefficient (Wildman–Crippen LogP) is 5.35. The number of ether oxygens (including phenoxy) is 1. The fourth-order valence-corrected chi connectivity index (χ4v) is 3.28. The first-order valence-electron chi connectivity index (χ1n) is 7.89. The number of hydrogen-bond donors (Lipinski definition) is 1. The van der Waals surface area contributed by atoms with Gasteiger partial charge in [-0.3, -0.25) is 4.57 Å². The Hall–Kier alpha value is -1.93. The lowest BCUT2D eigenvalue weighted by Gasteiger charge is -2.18. The Morgan fingerprint density at radius 1 is 0.957 bits per heavy atom. The fraction of sp³-hybridized carbons (Fsp3) is 0.333. The lowest BCUT2D eigenvalue weighted by atomic mass is 10.2. The second-order valence-electron chi connectivity index (χ2n) is 5.42. The van der Waals surface area contributed by atoms with Crippen LogP contribution in [0.1, 0.15) is 25.8 Å². The molecule has 0 aliphatic carbocycles. The second kappa shape index (κ2) is 8.07. The van der Waals surface area contributed by atoms with Crippen LogP contribution in [0.25, 0.3) is 0 Å². The van der Waals surface area contributed by atoms with E-state index in [9.17, 15) is 4.57 Å². The molecule has 4 nitrogen and oxygen atoms in total. The molecule has 2 aromatic carbocycles. The van der Waals surface area contributed by atoms with Crippen molar-refractivity contribution in [3.63, 3.8) is 0 Å². The van der Waals surface area contributed by atoms with Crippen molar-refractivity contribution < 1.29 is 13.8 Å². The summed E-state index contributed by atoms with van der Waals surface area (Å²) >= 11 is 0. The number of benzene rings is 2. The molecular formula is C18H24NO3P. The van der Waals surface area contributed by atoms with Crippen LogP contribution in [-0.2, 0) is 11.0 Å². The maximum absolute atomic E-state index is 12.6. The zero-order valence-electron chi connectivity index (χ0n) is 13.9. The molecule has 0 aliphatic rings. The molecule has 0 aromatic heterocycles. The number of nitrogens with one attached hydrogen (secondary N) is 1. The average Bonchev–Trinajstić information content (AvgIpc) is 2.54. The van der Waals surface area contributed by atoms with Gasteiger partial charge in [-0.1, -0.05) is 26.0 Å². The number of anilines is 1. The highest BCUT2D eigenvalue weighted by Crippen LogP contribution is 2.43. The zero-order chi connectivity index (χ0) is 16.7. The van der Waals surface area contributed by atoms with Crippen molar-refractivity contribution >= 4 is 13.2 Å². The van der Waals surface area contributed by atoms with Crippen molar-refractivity contribution in [3.8, 4) is 11.5 Å². The molecule has 124 valence electrons. The number of aryl methyl sites for hydroxylation is 1. The summed E-state index contributed by atoms with van der Waals surface area (Å²) in [5.74, 6) is 1.41. The third-order valence-electron chi connectivity index (χ3n) is 3.27. The van der Waals surface area contributed by atoms with Gasteiger partial charge in [0.25, 0.3) is 0 Å². The molecule has 0 radical (unpaired) electrons. The third-order valence-corrected chi connectivity index (χ3v) is 4.49. The molecule has 2 aromatic rings. The van der Waals surface area contributed by atoms with E-state index in [2.05, 4.69) is 18.9 Å². The Bertz CT molecular complexity index is 653. The Morgan fingerprint density at radius 2 is 1.57 bits per heavy atom. The molecule has 0 unspecified atom stereocenters. The van der Waals surface area contributed by atoms with Crippen LogP contribution in [-0.4, -0.2) is 13.3 Å². The number of rotatable bonds is 8. The minimum Gasteiger partial charge on any atom is -0.494 e. The molecule has 0 spiro atoms. The maximum atomic E-state index is 12.6. The molecule has 1 N–H and O–H groups in total. The molecule has 0 heterocycles. The van der Waals surface area contributed by atoms with Crippen LogP contribution in [0.2, 0.25) is 0 Å². The Morgan fingerprint density at radius 3 is 2.13 bits per heavy atom. The third kappa shape index (κ3) is 5.65. The van der Waals surface area contributed by atoms with Crippen molar-refractivity contribution in [1.29, 1.82) is 0 Å². The topological polar surface area (TPSA) is 47.6 Å². The van der Waals surface area contributed by atoms with E-state index >= 15 is 0 Å². The fourth-order valence-electron chi connectivity index (χ4n) is 2.09. The highest BCUT2D eigenvalue weighted by atomic mass is 31.2. The molecule has 0 fully saturated rings. The Kier molecular flexibility index (Phi) is 6.12. The zero-order valence-corrected chi connectivity index (χ0v) is 14.8. The van der Waals surface area contributed by atoms with Gasteiger partial charge in [0, 0.05) is 12.4 Å². The Balaban J connectivity index is 1.97. The van der Waals surface area contributed by atoms with Gasteiger partial charge in [0.1, 0.15) is 11.5 Å². The van der Waals surface area contributed by atoms with Gasteiger partial charge in [0.05, 0.1) is 6.61 Å². The summed E-state index contributed by atoms with van der Waals surface area (Å²) in [5, 5.41) is 2.96. The molecule has 5 heteroatoms. The lowest BCUT2D eigenvalue weighted by Crippen LogP contribution is -2.02. The second-order valence-corrected chi connectivity index (χ2v) is 7.52. The number of hydrogen-bond acceptors (Lipinski definition) is 3. The van der Waals surface area contributed by atoms with Crippen molar-refractivity contribution in [1.82, 2.24) is 0 Å². The summed E-state index contributed by atoms with van der Waals surface area (Å²) in [7, 11) is -2.99. The minimum absolute atomic E-state index is 0.600. The van der Waals surface area contributed by atoms with E-state index in [0.29, 0.717) is 12.4 Å². The highest BCUT2D eigenvalue weighted by molar-refractivity contribution is 7.60. The molecule has 0 saturated heterocycles. The highest BCUT2D eigenvalue weighted by Gasteiger charge is 2.17. The van der Waals surface area contributed by atoms with Gasteiger partial charge >= 0.3 is 7.52 Å². The van der Waals surface area contributed by atoms with Gasteiger partial charge in [-0.05, 0) is 54.8 Å². The van der Waals surface area contributed by atoms with Crippen molar-refractivity contribution in [2.75, 3.05) is 18.4 Å². The van der Waals surface area contributed by atoms with Gasteiger partial charge < -0.3 is 14.3 Å². The first-order valence-corrected chi connectivity index (χ1v) is 9.97. The van der Waals surface area contributed by atoms with Crippen LogP contribution in [0.5, 0.6) is 11.5 Å². The molecule has 23 heavy (non-hydrogen) atoms. The largest absolute Gasteiger partial charge is 0.494 e. The molecule has 0 bridgehead atoms. The summed E-state index contributed by atoms with van der Waals surface area (Å²) < 4.78 is 23.7. The predicted molar refractivity (Wildman–Crippen MR) is 95.8 cm³/mol. The van der Waals surface area contributed by atoms with Crippen LogP contribution < -0.4 is 14.3 Å². The van der Waals surface area contributed by atoms with Crippen LogP contribution >= 0.6 is 7.52 Å². The maximum Gasteiger partial charge on any atom is 0.338 e. The standard InChI is InChI=1S/C18H24NO3P/c1-4-14-21-17-12-8-16(9-13-17)19-23(3,20)22-18-10-6-15(5-2)7-11-18/h6-13H,4-5,14H2,1-3H3,(H,19,20)/t23-/m0/s1. The van der Waals surface area contributed by atoms with Gasteiger partial charge in [-0.25, -0.2) is 0 Å². The van der Waals surface area contributed by atoms with E-state index in [1.807, 2.05) is 48.5 Å². The van der Waals surface area contributed by atoms with Crippen molar-refractivity contribution in [2.45, 2.75) is 26.7 Å². The summed E-state index contributed by atoms with van der Waals surface area (Å²) in [6.45, 7) is 6.42. The van der Waals surface area contributed by atoms with E-state index in [1.54, 1.807) is 6.66 Å². The van der Waals surface area contributed by atoms with E-state index in [0.717, 1.165) is 24.3 Å². The van der Waals surface area contributed by atoms with Crippen LogP contribution in [0, 0.1) is 0 Å². The SMILES string of the molecule is CCCOc1ccc(N[P@@](C)(=O)Oc2ccc(CC)cc2)cc1. The average molecular weight is 333 g/mol. The van der Waals surface area contributed by atoms with Gasteiger partial charge in [-0.15, -0.1) is 0 Å². The molecule has 0 saturated carbocycles. The molecule has 1 atom stereocenters. The van der Waals surface area contributed by atoms with E-state index in [-0.39, 0.29) is 0 Å². The molecule has 0 aliphatic heterocycles. The van der Waals surface area contributed by atoms with E-state index < -0.39 is 7.52 Å². The lowest BCUT2D eigenvalue weighted by molar-refractivity contribution is 0.317.